The molecule has 0 aromatic heterocycles. The largest absolute Gasteiger partial charge is 0.462 e. The Balaban J connectivity index is 4.55. The van der Waals surface area contributed by atoms with Gasteiger partial charge in [-0.1, -0.05) is 187 Å². The van der Waals surface area contributed by atoms with Crippen LogP contribution >= 0.6 is 0 Å². The summed E-state index contributed by atoms with van der Waals surface area (Å²) in [5.74, 6) is -1.01. The van der Waals surface area contributed by atoms with E-state index >= 15 is 0 Å². The second kappa shape index (κ2) is 52.4. The van der Waals surface area contributed by atoms with Gasteiger partial charge in [0.1, 0.15) is 13.2 Å². The molecule has 0 fully saturated rings. The van der Waals surface area contributed by atoms with E-state index in [4.69, 9.17) is 14.2 Å². The number of hydrogen-bond donors (Lipinski definition) is 0. The maximum atomic E-state index is 12.8. The van der Waals surface area contributed by atoms with E-state index in [1.807, 2.05) is 0 Å². The van der Waals surface area contributed by atoms with Crippen molar-refractivity contribution in [3.05, 3.63) is 122 Å². The Labute approximate surface area is 399 Å². The average Bonchev–Trinajstić information content (AvgIpc) is 3.30. The summed E-state index contributed by atoms with van der Waals surface area (Å²) in [5, 5.41) is 0. The van der Waals surface area contributed by atoms with Crippen molar-refractivity contribution in [1.82, 2.24) is 0 Å². The second-order valence-electron chi connectivity index (χ2n) is 16.7. The molecule has 0 bridgehead atoms. The van der Waals surface area contributed by atoms with Gasteiger partial charge in [0.2, 0.25) is 0 Å². The lowest BCUT2D eigenvalue weighted by Gasteiger charge is -2.18. The standard InChI is InChI=1S/C59H94O6/c1-4-7-10-13-16-19-22-25-28-29-32-35-38-41-44-47-50-53-59(62)65-56(54-63-57(60)51-48-45-42-39-36-33-30-26-23-20-17-14-11-8-5-2)55-64-58(61)52-49-46-43-40-37-34-31-27-24-21-18-15-12-9-6-3/h8-9,11-12,16-21,25-28,30-31,36-37,39-40,56H,4-7,10,13-15,22-24,29,32-35,38,41-55H2,1-3H3/b11-8-,12-9-,19-16-,20-17-,21-18-,28-25-,30-26-,31-27-,39-36-,40-37-. The first-order chi connectivity index (χ1) is 32.0. The highest BCUT2D eigenvalue weighted by Gasteiger charge is 2.19. The van der Waals surface area contributed by atoms with Crippen molar-refractivity contribution in [1.29, 1.82) is 0 Å². The first kappa shape index (κ1) is 60.8. The molecule has 0 aromatic rings. The van der Waals surface area contributed by atoms with Crippen LogP contribution in [0.3, 0.4) is 0 Å². The van der Waals surface area contributed by atoms with E-state index < -0.39 is 6.10 Å². The average molecular weight is 899 g/mol. The second-order valence-corrected chi connectivity index (χ2v) is 16.7. The van der Waals surface area contributed by atoms with Crippen molar-refractivity contribution in [3.63, 3.8) is 0 Å². The van der Waals surface area contributed by atoms with Crippen molar-refractivity contribution in [2.75, 3.05) is 13.2 Å². The third-order valence-electron chi connectivity index (χ3n) is 10.4. The molecule has 0 saturated carbocycles. The molecule has 0 atom stereocenters. The van der Waals surface area contributed by atoms with Crippen LogP contribution in [-0.2, 0) is 28.6 Å². The summed E-state index contributed by atoms with van der Waals surface area (Å²) in [7, 11) is 0. The quantitative estimate of drug-likeness (QED) is 0.0262. The first-order valence-corrected chi connectivity index (χ1v) is 26.0. The molecule has 0 radical (unpaired) electrons. The van der Waals surface area contributed by atoms with Gasteiger partial charge in [-0.15, -0.1) is 0 Å². The van der Waals surface area contributed by atoms with E-state index in [1.165, 1.54) is 51.4 Å². The minimum absolute atomic E-state index is 0.120. The van der Waals surface area contributed by atoms with Crippen LogP contribution in [0.15, 0.2) is 122 Å². The molecule has 0 aliphatic rings. The predicted molar refractivity (Wildman–Crippen MR) is 279 cm³/mol. The highest BCUT2D eigenvalue weighted by atomic mass is 16.6. The maximum absolute atomic E-state index is 12.8. The number of esters is 3. The van der Waals surface area contributed by atoms with Crippen molar-refractivity contribution in [2.24, 2.45) is 0 Å². The summed E-state index contributed by atoms with van der Waals surface area (Å²) in [4.78, 5) is 38.0. The lowest BCUT2D eigenvalue weighted by Crippen LogP contribution is -2.30. The Hall–Kier alpha value is -4.19. The molecule has 6 heteroatoms. The Kier molecular flexibility index (Phi) is 49.1. The van der Waals surface area contributed by atoms with Gasteiger partial charge < -0.3 is 14.2 Å². The lowest BCUT2D eigenvalue weighted by atomic mass is 10.1. The fourth-order valence-electron chi connectivity index (χ4n) is 6.57. The van der Waals surface area contributed by atoms with E-state index in [0.717, 1.165) is 109 Å². The molecular weight excluding hydrogens is 805 g/mol. The number of hydrogen-bond acceptors (Lipinski definition) is 6. The number of unbranched alkanes of at least 4 members (excludes halogenated alkanes) is 14. The van der Waals surface area contributed by atoms with Crippen molar-refractivity contribution in [3.8, 4) is 0 Å². The fraction of sp³-hybridized carbons (Fsp3) is 0.610. The van der Waals surface area contributed by atoms with Crippen LogP contribution in [0.5, 0.6) is 0 Å². The van der Waals surface area contributed by atoms with E-state index in [2.05, 4.69) is 142 Å². The van der Waals surface area contributed by atoms with Gasteiger partial charge in [0, 0.05) is 19.3 Å². The van der Waals surface area contributed by atoms with Crippen LogP contribution in [0.25, 0.3) is 0 Å². The topological polar surface area (TPSA) is 78.9 Å². The fourth-order valence-corrected chi connectivity index (χ4v) is 6.57. The zero-order valence-electron chi connectivity index (χ0n) is 41.7. The summed E-state index contributed by atoms with van der Waals surface area (Å²) < 4.78 is 16.7. The molecule has 0 aromatic carbocycles. The summed E-state index contributed by atoms with van der Waals surface area (Å²) in [6.45, 7) is 6.29. The van der Waals surface area contributed by atoms with Gasteiger partial charge in [-0.25, -0.2) is 0 Å². The van der Waals surface area contributed by atoms with E-state index in [-0.39, 0.29) is 31.1 Å². The molecule has 0 aliphatic carbocycles. The zero-order chi connectivity index (χ0) is 47.2. The summed E-state index contributed by atoms with van der Waals surface area (Å²) in [5.41, 5.74) is 0. The van der Waals surface area contributed by atoms with Gasteiger partial charge in [-0.2, -0.15) is 0 Å². The van der Waals surface area contributed by atoms with Crippen LogP contribution in [0, 0.1) is 0 Å². The predicted octanol–water partition coefficient (Wildman–Crippen LogP) is 17.3. The number of rotatable bonds is 45. The van der Waals surface area contributed by atoms with Crippen LogP contribution in [0.2, 0.25) is 0 Å². The summed E-state index contributed by atoms with van der Waals surface area (Å²) in [6, 6.07) is 0. The zero-order valence-corrected chi connectivity index (χ0v) is 41.7. The minimum Gasteiger partial charge on any atom is -0.462 e. The van der Waals surface area contributed by atoms with Gasteiger partial charge in [0.15, 0.2) is 6.10 Å². The van der Waals surface area contributed by atoms with Crippen LogP contribution in [0.4, 0.5) is 0 Å². The smallest absolute Gasteiger partial charge is 0.306 e. The van der Waals surface area contributed by atoms with Crippen LogP contribution in [0.1, 0.15) is 213 Å². The highest BCUT2D eigenvalue weighted by molar-refractivity contribution is 5.71. The molecule has 0 N–H and O–H groups in total. The third-order valence-corrected chi connectivity index (χ3v) is 10.4. The molecule has 6 nitrogen and oxygen atoms in total. The molecule has 0 aliphatic heterocycles. The molecule has 65 heavy (non-hydrogen) atoms. The monoisotopic (exact) mass is 899 g/mol. The molecule has 0 unspecified atom stereocenters. The van der Waals surface area contributed by atoms with Crippen LogP contribution < -0.4 is 0 Å². The number of ether oxygens (including phenoxy) is 3. The Morgan fingerprint density at radius 2 is 0.600 bits per heavy atom. The lowest BCUT2D eigenvalue weighted by molar-refractivity contribution is -0.167. The maximum Gasteiger partial charge on any atom is 0.306 e. The van der Waals surface area contributed by atoms with E-state index in [1.54, 1.807) is 0 Å². The van der Waals surface area contributed by atoms with Gasteiger partial charge in [0.25, 0.3) is 0 Å². The van der Waals surface area contributed by atoms with Gasteiger partial charge in [-0.3, -0.25) is 14.4 Å². The van der Waals surface area contributed by atoms with Crippen molar-refractivity contribution in [2.45, 2.75) is 219 Å². The van der Waals surface area contributed by atoms with Gasteiger partial charge in [0.05, 0.1) is 0 Å². The Bertz CT molecular complexity index is 1330. The Morgan fingerprint density at radius 1 is 0.323 bits per heavy atom. The van der Waals surface area contributed by atoms with Crippen LogP contribution in [-0.4, -0.2) is 37.2 Å². The van der Waals surface area contributed by atoms with E-state index in [9.17, 15) is 14.4 Å². The van der Waals surface area contributed by atoms with Gasteiger partial charge >= 0.3 is 17.9 Å². The van der Waals surface area contributed by atoms with E-state index in [0.29, 0.717) is 32.1 Å². The SMILES string of the molecule is CC/C=C\C/C=C\C/C=C\C/C=C\CCCCC(=O)OCC(COC(=O)CCCC/C=C\C/C=C\C/C=C\C/C=C\CC)OC(=O)CCCCCCCCC/C=C\C/C=C\CCCCC. The summed E-state index contributed by atoms with van der Waals surface area (Å²) in [6.07, 6.45) is 71.8. The highest BCUT2D eigenvalue weighted by Crippen LogP contribution is 2.13. The van der Waals surface area contributed by atoms with Crippen molar-refractivity contribution >= 4 is 17.9 Å². The molecule has 0 spiro atoms. The van der Waals surface area contributed by atoms with Crippen molar-refractivity contribution < 1.29 is 28.6 Å². The first-order valence-electron chi connectivity index (χ1n) is 26.0. The Morgan fingerprint density at radius 3 is 0.969 bits per heavy atom. The molecule has 0 saturated heterocycles. The normalized spacial score (nSPS) is 12.7. The molecule has 0 heterocycles. The third kappa shape index (κ3) is 50.7. The molecule has 0 amide bonds. The molecular formula is C59H94O6. The summed E-state index contributed by atoms with van der Waals surface area (Å²) >= 11 is 0. The minimum atomic E-state index is -0.819. The molecule has 0 rings (SSSR count). The number of carbonyl (C=O) groups excluding carboxylic acids is 3. The number of carbonyl (C=O) groups is 3. The molecule has 366 valence electrons. The van der Waals surface area contributed by atoms with Gasteiger partial charge in [-0.05, 0) is 128 Å². The number of allylic oxidation sites excluding steroid dienone is 20.